The van der Waals surface area contributed by atoms with E-state index in [4.69, 9.17) is 8.92 Å². The van der Waals surface area contributed by atoms with E-state index >= 15 is 0 Å². The van der Waals surface area contributed by atoms with E-state index < -0.39 is 10.1 Å². The minimum Gasteiger partial charge on any atom is -0.452 e. The highest BCUT2D eigenvalue weighted by molar-refractivity contribution is 7.87. The number of thiophene rings is 1. The summed E-state index contributed by atoms with van der Waals surface area (Å²) in [6.45, 7) is 1.95. The van der Waals surface area contributed by atoms with Gasteiger partial charge in [-0.3, -0.25) is 4.79 Å². The van der Waals surface area contributed by atoms with Crippen molar-refractivity contribution in [2.24, 2.45) is 0 Å². The lowest BCUT2D eigenvalue weighted by molar-refractivity contribution is 0.101. The van der Waals surface area contributed by atoms with Gasteiger partial charge in [-0.1, -0.05) is 18.2 Å². The molecule has 5 nitrogen and oxygen atoms in total. The van der Waals surface area contributed by atoms with Crippen LogP contribution in [-0.2, 0) is 10.1 Å². The van der Waals surface area contributed by atoms with Gasteiger partial charge in [-0.25, -0.2) is 0 Å². The number of carbonyl (C=O) groups is 1. The molecule has 4 rings (SSSR count). The lowest BCUT2D eigenvalue weighted by Crippen LogP contribution is -2.09. The second-order valence-corrected chi connectivity index (χ2v) is 8.41. The van der Waals surface area contributed by atoms with E-state index in [9.17, 15) is 13.2 Å². The summed E-state index contributed by atoms with van der Waals surface area (Å²) >= 11 is 1.51. The highest BCUT2D eigenvalue weighted by Crippen LogP contribution is 2.36. The largest absolute Gasteiger partial charge is 0.452 e. The summed E-state index contributed by atoms with van der Waals surface area (Å²) in [5.41, 5.74) is 1.43. The van der Waals surface area contributed by atoms with Crippen LogP contribution in [0.3, 0.4) is 0 Å². The smallest absolute Gasteiger partial charge is 0.339 e. The van der Waals surface area contributed by atoms with Crippen molar-refractivity contribution >= 4 is 33.3 Å². The van der Waals surface area contributed by atoms with Gasteiger partial charge in [-0.15, -0.1) is 11.3 Å². The van der Waals surface area contributed by atoms with Gasteiger partial charge >= 0.3 is 10.1 Å². The number of hydrogen-bond donors (Lipinski definition) is 0. The van der Waals surface area contributed by atoms with Crippen molar-refractivity contribution in [2.75, 3.05) is 0 Å². The van der Waals surface area contributed by atoms with Crippen LogP contribution in [0.1, 0.15) is 20.8 Å². The third-order valence-electron chi connectivity index (χ3n) is 4.04. The Labute approximate surface area is 160 Å². The summed E-state index contributed by atoms with van der Waals surface area (Å²) in [7, 11) is -3.96. The summed E-state index contributed by atoms with van der Waals surface area (Å²) in [6, 6.07) is 14.2. The molecule has 0 saturated carbocycles. The third-order valence-corrected chi connectivity index (χ3v) is 6.27. The fraction of sp³-hybridized carbons (Fsp3) is 0.0500. The maximum absolute atomic E-state index is 12.5. The van der Waals surface area contributed by atoms with Crippen LogP contribution in [0.4, 0.5) is 0 Å². The number of aryl methyl sites for hydroxylation is 1. The van der Waals surface area contributed by atoms with E-state index in [1.165, 1.54) is 41.7 Å². The number of rotatable bonds is 4. The van der Waals surface area contributed by atoms with Crippen LogP contribution in [0.2, 0.25) is 0 Å². The van der Waals surface area contributed by atoms with Crippen molar-refractivity contribution in [3.8, 4) is 11.5 Å². The van der Waals surface area contributed by atoms with Crippen LogP contribution >= 0.6 is 11.3 Å². The predicted octanol–water partition coefficient (Wildman–Crippen LogP) is 4.44. The van der Waals surface area contributed by atoms with Gasteiger partial charge in [0.05, 0.1) is 5.56 Å². The molecule has 0 radical (unpaired) electrons. The molecule has 0 N–H and O–H groups in total. The lowest BCUT2D eigenvalue weighted by atomic mass is 10.1. The van der Waals surface area contributed by atoms with Crippen molar-refractivity contribution in [3.63, 3.8) is 0 Å². The second kappa shape index (κ2) is 6.68. The number of hydrogen-bond acceptors (Lipinski definition) is 6. The normalized spacial score (nSPS) is 14.9. The first kappa shape index (κ1) is 17.5. The zero-order valence-corrected chi connectivity index (χ0v) is 15.8. The van der Waals surface area contributed by atoms with Gasteiger partial charge in [-0.2, -0.15) is 8.42 Å². The Balaban J connectivity index is 1.62. The van der Waals surface area contributed by atoms with Gasteiger partial charge < -0.3 is 8.92 Å². The molecule has 0 saturated heterocycles. The molecule has 0 amide bonds. The number of Topliss-reactive ketones (excluding diaryl/α,β-unsaturated/α-hetero) is 1. The van der Waals surface area contributed by atoms with E-state index in [1.54, 1.807) is 24.3 Å². The van der Waals surface area contributed by atoms with Crippen LogP contribution in [0.15, 0.2) is 70.6 Å². The first-order chi connectivity index (χ1) is 12.9. The average molecular weight is 398 g/mol. The molecule has 2 aromatic carbocycles. The molecule has 136 valence electrons. The van der Waals surface area contributed by atoms with Gasteiger partial charge in [0.2, 0.25) is 5.78 Å². The average Bonchev–Trinajstić information content (AvgIpc) is 3.19. The standard InChI is InChI=1S/C20H14O5S2/c1-13-9-10-26-19(13)12-18-20(21)16-8-7-14(11-17(16)24-18)25-27(22,23)15-5-3-2-4-6-15/h2-12H,1H3/b18-12-. The summed E-state index contributed by atoms with van der Waals surface area (Å²) in [6.07, 6.45) is 1.70. The van der Waals surface area contributed by atoms with E-state index in [-0.39, 0.29) is 27.9 Å². The molecule has 0 atom stereocenters. The van der Waals surface area contributed by atoms with Crippen LogP contribution < -0.4 is 8.92 Å². The second-order valence-electron chi connectivity index (χ2n) is 5.92. The molecule has 0 spiro atoms. The summed E-state index contributed by atoms with van der Waals surface area (Å²) in [5.74, 6) is 0.328. The van der Waals surface area contributed by atoms with E-state index in [2.05, 4.69) is 0 Å². The molecule has 1 aliphatic heterocycles. The van der Waals surface area contributed by atoms with Crippen molar-refractivity contribution in [2.45, 2.75) is 11.8 Å². The molecule has 0 aliphatic carbocycles. The number of fused-ring (bicyclic) bond motifs is 1. The van der Waals surface area contributed by atoms with Crippen LogP contribution in [0.25, 0.3) is 6.08 Å². The van der Waals surface area contributed by atoms with E-state index in [0.717, 1.165) is 10.4 Å². The lowest BCUT2D eigenvalue weighted by Gasteiger charge is -2.07. The highest BCUT2D eigenvalue weighted by atomic mass is 32.2. The fourth-order valence-electron chi connectivity index (χ4n) is 2.63. The zero-order valence-electron chi connectivity index (χ0n) is 14.2. The van der Waals surface area contributed by atoms with E-state index in [1.807, 2.05) is 18.4 Å². The maximum Gasteiger partial charge on any atom is 0.339 e. The molecular weight excluding hydrogens is 384 g/mol. The van der Waals surface area contributed by atoms with Gasteiger partial charge in [-0.05, 0) is 48.2 Å². The topological polar surface area (TPSA) is 69.7 Å². The number of allylic oxidation sites excluding steroid dienone is 1. The summed E-state index contributed by atoms with van der Waals surface area (Å²) < 4.78 is 35.5. The minimum atomic E-state index is -3.96. The van der Waals surface area contributed by atoms with Crippen molar-refractivity contribution in [1.82, 2.24) is 0 Å². The highest BCUT2D eigenvalue weighted by Gasteiger charge is 2.29. The number of ether oxygens (including phenoxy) is 1. The van der Waals surface area contributed by atoms with Crippen LogP contribution in [0, 0.1) is 6.92 Å². The van der Waals surface area contributed by atoms with E-state index in [0.29, 0.717) is 5.56 Å². The maximum atomic E-state index is 12.5. The SMILES string of the molecule is Cc1ccsc1/C=C1\Oc2cc(OS(=O)(=O)c3ccccc3)ccc2C1=O. The molecule has 27 heavy (non-hydrogen) atoms. The molecule has 0 bridgehead atoms. The van der Waals surface area contributed by atoms with Crippen molar-refractivity contribution in [3.05, 3.63) is 81.7 Å². The number of carbonyl (C=O) groups excluding carboxylic acids is 1. The quantitative estimate of drug-likeness (QED) is 0.480. The Morgan fingerprint density at radius 1 is 1.07 bits per heavy atom. The predicted molar refractivity (Wildman–Crippen MR) is 103 cm³/mol. The molecule has 2 heterocycles. The number of benzene rings is 2. The Hall–Kier alpha value is -2.90. The summed E-state index contributed by atoms with van der Waals surface area (Å²) in [4.78, 5) is 13.5. The minimum absolute atomic E-state index is 0.0521. The third kappa shape index (κ3) is 3.39. The van der Waals surface area contributed by atoms with Gasteiger partial charge in [0, 0.05) is 17.0 Å². The molecule has 1 aromatic heterocycles. The van der Waals surface area contributed by atoms with Crippen molar-refractivity contribution < 1.29 is 22.1 Å². The molecule has 7 heteroatoms. The molecule has 0 fully saturated rings. The van der Waals surface area contributed by atoms with Crippen LogP contribution in [0.5, 0.6) is 11.5 Å². The van der Waals surface area contributed by atoms with Crippen LogP contribution in [-0.4, -0.2) is 14.2 Å². The van der Waals surface area contributed by atoms with Gasteiger partial charge in [0.15, 0.2) is 5.76 Å². The first-order valence-corrected chi connectivity index (χ1v) is 10.3. The Morgan fingerprint density at radius 3 is 2.56 bits per heavy atom. The Bertz CT molecular complexity index is 1160. The molecule has 0 unspecified atom stereocenters. The first-order valence-electron chi connectivity index (χ1n) is 8.06. The monoisotopic (exact) mass is 398 g/mol. The molecular formula is C20H14O5S2. The molecule has 1 aliphatic rings. The summed E-state index contributed by atoms with van der Waals surface area (Å²) in [5, 5.41) is 1.94. The zero-order chi connectivity index (χ0) is 19.0. The fourth-order valence-corrected chi connectivity index (χ4v) is 4.42. The number of ketones is 1. The van der Waals surface area contributed by atoms with Gasteiger partial charge in [0.25, 0.3) is 0 Å². The van der Waals surface area contributed by atoms with Crippen molar-refractivity contribution in [1.29, 1.82) is 0 Å². The Kier molecular flexibility index (Phi) is 4.33. The molecule has 3 aromatic rings. The van der Waals surface area contributed by atoms with Gasteiger partial charge in [0.1, 0.15) is 16.4 Å². The Morgan fingerprint density at radius 2 is 1.85 bits per heavy atom.